The van der Waals surface area contributed by atoms with Crippen molar-refractivity contribution in [2.24, 2.45) is 0 Å². The SMILES string of the molecule is Cc1nc(NC(C)c2cccc(C(F)F)c2F)c2cc(N3CCC(N4CCCC4)C3)ncc2n1. The molecule has 5 rings (SSSR count). The number of benzene rings is 1. The van der Waals surface area contributed by atoms with E-state index in [9.17, 15) is 13.2 Å². The van der Waals surface area contributed by atoms with Gasteiger partial charge in [0.15, 0.2) is 0 Å². The Kier molecular flexibility index (Phi) is 6.29. The number of alkyl halides is 2. The van der Waals surface area contributed by atoms with E-state index in [0.717, 1.165) is 36.8 Å². The number of nitrogens with zero attached hydrogens (tertiary/aromatic N) is 5. The summed E-state index contributed by atoms with van der Waals surface area (Å²) in [6.07, 6.45) is 2.54. The van der Waals surface area contributed by atoms with Gasteiger partial charge in [-0.3, -0.25) is 4.90 Å². The molecule has 2 atom stereocenters. The lowest BCUT2D eigenvalue weighted by molar-refractivity contribution is 0.146. The van der Waals surface area contributed by atoms with Gasteiger partial charge in [0, 0.05) is 30.1 Å². The van der Waals surface area contributed by atoms with Gasteiger partial charge in [-0.1, -0.05) is 18.2 Å². The van der Waals surface area contributed by atoms with Crippen LogP contribution in [0.4, 0.5) is 24.8 Å². The lowest BCUT2D eigenvalue weighted by Crippen LogP contribution is -2.35. The number of pyridine rings is 1. The molecular formula is C25H29F3N6. The molecule has 2 aromatic heterocycles. The van der Waals surface area contributed by atoms with Crippen molar-refractivity contribution in [1.82, 2.24) is 19.9 Å². The van der Waals surface area contributed by atoms with Crippen molar-refractivity contribution in [3.05, 3.63) is 53.2 Å². The third-order valence-electron chi connectivity index (χ3n) is 6.94. The summed E-state index contributed by atoms with van der Waals surface area (Å²) in [5, 5.41) is 4.01. The molecule has 0 saturated carbocycles. The first-order valence-electron chi connectivity index (χ1n) is 11.9. The Labute approximate surface area is 197 Å². The highest BCUT2D eigenvalue weighted by Crippen LogP contribution is 2.32. The summed E-state index contributed by atoms with van der Waals surface area (Å²) < 4.78 is 41.1. The van der Waals surface area contributed by atoms with Crippen LogP contribution in [0.1, 0.15) is 55.6 Å². The Morgan fingerprint density at radius 2 is 1.85 bits per heavy atom. The topological polar surface area (TPSA) is 57.2 Å². The summed E-state index contributed by atoms with van der Waals surface area (Å²) in [4.78, 5) is 18.6. The number of fused-ring (bicyclic) bond motifs is 1. The molecule has 0 amide bonds. The van der Waals surface area contributed by atoms with Crippen LogP contribution < -0.4 is 10.2 Å². The quantitative estimate of drug-likeness (QED) is 0.531. The van der Waals surface area contributed by atoms with Gasteiger partial charge in [-0.05, 0) is 52.3 Å². The number of nitrogens with one attached hydrogen (secondary N) is 1. The smallest absolute Gasteiger partial charge is 0.266 e. The molecule has 2 aliphatic rings. The van der Waals surface area contributed by atoms with Crippen molar-refractivity contribution in [3.63, 3.8) is 0 Å². The van der Waals surface area contributed by atoms with E-state index >= 15 is 0 Å². The zero-order chi connectivity index (χ0) is 23.8. The van der Waals surface area contributed by atoms with Crippen molar-refractivity contribution < 1.29 is 13.2 Å². The molecule has 1 N–H and O–H groups in total. The minimum absolute atomic E-state index is 0.171. The molecule has 0 radical (unpaired) electrons. The second-order valence-electron chi connectivity index (χ2n) is 9.23. The first kappa shape index (κ1) is 22.8. The molecule has 6 nitrogen and oxygen atoms in total. The summed E-state index contributed by atoms with van der Waals surface area (Å²) >= 11 is 0. The van der Waals surface area contributed by atoms with Crippen molar-refractivity contribution >= 4 is 22.5 Å². The van der Waals surface area contributed by atoms with Crippen LogP contribution in [-0.4, -0.2) is 52.1 Å². The van der Waals surface area contributed by atoms with Crippen LogP contribution >= 0.6 is 0 Å². The lowest BCUT2D eigenvalue weighted by Gasteiger charge is -2.24. The van der Waals surface area contributed by atoms with Crippen LogP contribution in [0.3, 0.4) is 0 Å². The predicted molar refractivity (Wildman–Crippen MR) is 127 cm³/mol. The van der Waals surface area contributed by atoms with Crippen molar-refractivity contribution in [2.45, 2.75) is 51.6 Å². The van der Waals surface area contributed by atoms with E-state index in [1.807, 2.05) is 6.07 Å². The molecular weight excluding hydrogens is 441 g/mol. The number of aromatic nitrogens is 3. The standard InChI is InChI=1S/C25H29F3N6/c1-15(18-6-5-7-19(23(18)26)24(27)28)30-25-20-12-22(29-13-21(20)31-16(2)32-25)34-11-8-17(14-34)33-9-3-4-10-33/h5-7,12-13,15,17,24H,3-4,8-11,14H2,1-2H3,(H,30,31,32). The van der Waals surface area contributed by atoms with E-state index in [2.05, 4.69) is 30.1 Å². The molecule has 2 saturated heterocycles. The highest BCUT2D eigenvalue weighted by atomic mass is 19.3. The minimum atomic E-state index is -2.87. The molecule has 0 spiro atoms. The minimum Gasteiger partial charge on any atom is -0.363 e. The first-order valence-corrected chi connectivity index (χ1v) is 11.9. The van der Waals surface area contributed by atoms with Gasteiger partial charge < -0.3 is 10.2 Å². The zero-order valence-electron chi connectivity index (χ0n) is 19.4. The van der Waals surface area contributed by atoms with Crippen LogP contribution in [0, 0.1) is 12.7 Å². The molecule has 9 heteroatoms. The molecule has 180 valence electrons. The summed E-state index contributed by atoms with van der Waals surface area (Å²) in [6, 6.07) is 6.04. The van der Waals surface area contributed by atoms with E-state index in [-0.39, 0.29) is 5.56 Å². The Morgan fingerprint density at radius 1 is 1.09 bits per heavy atom. The van der Waals surface area contributed by atoms with Crippen LogP contribution in [-0.2, 0) is 0 Å². The maximum absolute atomic E-state index is 14.7. The average molecular weight is 471 g/mol. The van der Waals surface area contributed by atoms with Crippen LogP contribution in [0.15, 0.2) is 30.5 Å². The fraction of sp³-hybridized carbons (Fsp3) is 0.480. The van der Waals surface area contributed by atoms with Crippen LogP contribution in [0.25, 0.3) is 10.9 Å². The van der Waals surface area contributed by atoms with Crippen molar-refractivity contribution in [3.8, 4) is 0 Å². The van der Waals surface area contributed by atoms with E-state index in [1.165, 1.54) is 38.1 Å². The predicted octanol–water partition coefficient (Wildman–Crippen LogP) is 5.26. The Hall–Kier alpha value is -2.94. The Bertz CT molecular complexity index is 1180. The molecule has 0 bridgehead atoms. The molecule has 0 aliphatic carbocycles. The normalized spacial score (nSPS) is 19.9. The van der Waals surface area contributed by atoms with Gasteiger partial charge in [0.25, 0.3) is 6.43 Å². The lowest BCUT2D eigenvalue weighted by atomic mass is 10.0. The molecule has 2 fully saturated rings. The number of hydrogen-bond donors (Lipinski definition) is 1. The monoisotopic (exact) mass is 470 g/mol. The number of rotatable bonds is 6. The van der Waals surface area contributed by atoms with E-state index in [4.69, 9.17) is 0 Å². The molecule has 2 aliphatic heterocycles. The summed E-state index contributed by atoms with van der Waals surface area (Å²) in [6.45, 7) is 7.74. The second-order valence-corrected chi connectivity index (χ2v) is 9.23. The largest absolute Gasteiger partial charge is 0.363 e. The molecule has 3 aromatic rings. The van der Waals surface area contributed by atoms with Crippen LogP contribution in [0.5, 0.6) is 0 Å². The number of anilines is 2. The van der Waals surface area contributed by atoms with Gasteiger partial charge in [-0.15, -0.1) is 0 Å². The summed E-state index contributed by atoms with van der Waals surface area (Å²) in [7, 11) is 0. The van der Waals surface area contributed by atoms with E-state index in [1.54, 1.807) is 20.0 Å². The summed E-state index contributed by atoms with van der Waals surface area (Å²) in [5.41, 5.74) is 0.260. The maximum Gasteiger partial charge on any atom is 0.266 e. The number of aryl methyl sites for hydroxylation is 1. The van der Waals surface area contributed by atoms with Gasteiger partial charge in [-0.25, -0.2) is 28.1 Å². The number of likely N-dealkylation sites (tertiary alicyclic amines) is 1. The van der Waals surface area contributed by atoms with Crippen LogP contribution in [0.2, 0.25) is 0 Å². The maximum atomic E-state index is 14.7. The highest BCUT2D eigenvalue weighted by Gasteiger charge is 2.30. The zero-order valence-corrected chi connectivity index (χ0v) is 19.4. The molecule has 34 heavy (non-hydrogen) atoms. The molecule has 4 heterocycles. The first-order chi connectivity index (χ1) is 16.4. The Balaban J connectivity index is 1.43. The van der Waals surface area contributed by atoms with Crippen molar-refractivity contribution in [2.75, 3.05) is 36.4 Å². The molecule has 2 unspecified atom stereocenters. The molecule has 1 aromatic carbocycles. The van der Waals surface area contributed by atoms with Gasteiger partial charge in [0.1, 0.15) is 23.3 Å². The van der Waals surface area contributed by atoms with Crippen molar-refractivity contribution in [1.29, 1.82) is 0 Å². The second kappa shape index (κ2) is 9.37. The highest BCUT2D eigenvalue weighted by molar-refractivity contribution is 5.90. The third kappa shape index (κ3) is 4.41. The van der Waals surface area contributed by atoms with Gasteiger partial charge >= 0.3 is 0 Å². The summed E-state index contributed by atoms with van der Waals surface area (Å²) in [5.74, 6) is 1.06. The third-order valence-corrected chi connectivity index (χ3v) is 6.94. The fourth-order valence-electron chi connectivity index (χ4n) is 5.13. The van der Waals surface area contributed by atoms with Gasteiger partial charge in [0.2, 0.25) is 0 Å². The number of halogens is 3. The average Bonchev–Trinajstić information content (AvgIpc) is 3.51. The van der Waals surface area contributed by atoms with E-state index < -0.39 is 23.8 Å². The Morgan fingerprint density at radius 3 is 2.62 bits per heavy atom. The number of hydrogen-bond acceptors (Lipinski definition) is 6. The van der Waals surface area contributed by atoms with Gasteiger partial charge in [-0.2, -0.15) is 0 Å². The van der Waals surface area contributed by atoms with Gasteiger partial charge in [0.05, 0.1) is 23.3 Å². The fourth-order valence-corrected chi connectivity index (χ4v) is 5.13. The van der Waals surface area contributed by atoms with E-state index in [0.29, 0.717) is 23.2 Å².